The van der Waals surface area contributed by atoms with Crippen molar-refractivity contribution in [2.75, 3.05) is 30.4 Å². The minimum absolute atomic E-state index is 0.0688. The predicted molar refractivity (Wildman–Crippen MR) is 169 cm³/mol. The van der Waals surface area contributed by atoms with E-state index < -0.39 is 36.8 Å². The smallest absolute Gasteiger partial charge is 0.258 e. The molecule has 4 aromatic carbocycles. The minimum atomic E-state index is -2.76. The Balaban J connectivity index is 1.67. The van der Waals surface area contributed by atoms with Crippen molar-refractivity contribution in [3.63, 3.8) is 0 Å². The molecule has 2 N–H and O–H groups in total. The van der Waals surface area contributed by atoms with Gasteiger partial charge in [0.2, 0.25) is 5.91 Å². The van der Waals surface area contributed by atoms with E-state index in [-0.39, 0.29) is 24.4 Å². The Morgan fingerprint density at radius 1 is 1.12 bits per heavy atom. The highest BCUT2D eigenvalue weighted by molar-refractivity contribution is 9.10. The van der Waals surface area contributed by atoms with Crippen LogP contribution < -0.4 is 25.2 Å². The fourth-order valence-electron chi connectivity index (χ4n) is 5.08. The van der Waals surface area contributed by atoms with Crippen molar-refractivity contribution in [2.45, 2.75) is 25.6 Å². The highest BCUT2D eigenvalue weighted by Crippen LogP contribution is 2.38. The summed E-state index contributed by atoms with van der Waals surface area (Å²) in [5.41, 5.74) is 1.89. The van der Waals surface area contributed by atoms with Crippen LogP contribution >= 0.6 is 15.9 Å². The Morgan fingerprint density at radius 3 is 2.56 bits per heavy atom. The summed E-state index contributed by atoms with van der Waals surface area (Å²) in [6.07, 6.45) is 0. The molecule has 1 unspecified atom stereocenters. The standard InChI is InChI=1S/C33H30BrN5O4/c1-20(36-2)31(40)37-27-19-39(32(41)22-10-8-21(17-35)9-11-22)29-7-5-4-6-28(29)38(33(27)42)18-26-25-14-13-24(34)16-23(25)12-15-30(26)43-3/h4-16,20,27,36H,18-19H2,1-3H3,(H,37,40)/t20?,27-/m0/s1/i3D3. The molecular weight excluding hydrogens is 610 g/mol. The lowest BCUT2D eigenvalue weighted by atomic mass is 10.0. The largest absolute Gasteiger partial charge is 0.496 e. The maximum absolute atomic E-state index is 14.5. The highest BCUT2D eigenvalue weighted by Gasteiger charge is 2.38. The van der Waals surface area contributed by atoms with Crippen LogP contribution in [-0.2, 0) is 16.1 Å². The molecule has 1 aliphatic rings. The zero-order valence-corrected chi connectivity index (χ0v) is 25.0. The van der Waals surface area contributed by atoms with Crippen molar-refractivity contribution in [3.8, 4) is 11.8 Å². The van der Waals surface area contributed by atoms with Crippen molar-refractivity contribution in [1.82, 2.24) is 10.6 Å². The van der Waals surface area contributed by atoms with Gasteiger partial charge in [-0.1, -0.05) is 40.2 Å². The summed E-state index contributed by atoms with van der Waals surface area (Å²) in [7, 11) is -1.14. The lowest BCUT2D eigenvalue weighted by Gasteiger charge is -2.27. The average molecular weight is 644 g/mol. The number of para-hydroxylation sites is 2. The van der Waals surface area contributed by atoms with Gasteiger partial charge in [0.1, 0.15) is 11.8 Å². The fraction of sp³-hybridized carbons (Fsp3) is 0.212. The SMILES string of the molecule is [2H]C([2H])([2H])Oc1ccc2cc(Br)ccc2c1CN1C(=O)[C@@H](NC(=O)C(C)NC)CN(C(=O)c2ccc(C#N)cc2)c2ccccc21. The second-order valence-electron chi connectivity index (χ2n) is 10.1. The third kappa shape index (κ3) is 5.95. The number of hydrogen-bond donors (Lipinski definition) is 2. The van der Waals surface area contributed by atoms with E-state index in [1.165, 1.54) is 34.1 Å². The Labute approximate surface area is 262 Å². The van der Waals surface area contributed by atoms with Gasteiger partial charge in [-0.05, 0) is 79.3 Å². The summed E-state index contributed by atoms with van der Waals surface area (Å²) in [6, 6.07) is 22.0. The van der Waals surface area contributed by atoms with Crippen molar-refractivity contribution in [1.29, 1.82) is 5.26 Å². The molecule has 0 saturated heterocycles. The molecule has 0 spiro atoms. The molecule has 9 nitrogen and oxygen atoms in total. The zero-order chi connectivity index (χ0) is 33.2. The van der Waals surface area contributed by atoms with Crippen LogP contribution in [0.2, 0.25) is 0 Å². The second-order valence-corrected chi connectivity index (χ2v) is 11.0. The van der Waals surface area contributed by atoms with Crippen molar-refractivity contribution in [2.24, 2.45) is 0 Å². The summed E-state index contributed by atoms with van der Waals surface area (Å²) < 4.78 is 29.6. The van der Waals surface area contributed by atoms with Gasteiger partial charge in [-0.15, -0.1) is 0 Å². The number of ether oxygens (including phenoxy) is 1. The van der Waals surface area contributed by atoms with E-state index in [2.05, 4.69) is 26.6 Å². The summed E-state index contributed by atoms with van der Waals surface area (Å²) >= 11 is 3.48. The molecule has 0 fully saturated rings. The number of nitriles is 1. The number of fused-ring (bicyclic) bond motifs is 2. The number of halogens is 1. The number of amides is 3. The van der Waals surface area contributed by atoms with Gasteiger partial charge >= 0.3 is 0 Å². The topological polar surface area (TPSA) is 115 Å². The summed E-state index contributed by atoms with van der Waals surface area (Å²) in [5, 5.41) is 16.3. The van der Waals surface area contributed by atoms with Gasteiger partial charge < -0.3 is 25.2 Å². The Kier molecular flexibility index (Phi) is 7.63. The summed E-state index contributed by atoms with van der Waals surface area (Å²) in [6.45, 7) is 1.33. The number of hydrogen-bond acceptors (Lipinski definition) is 6. The summed E-state index contributed by atoms with van der Waals surface area (Å²) in [4.78, 5) is 44.5. The molecule has 218 valence electrons. The van der Waals surface area contributed by atoms with Crippen molar-refractivity contribution >= 4 is 55.8 Å². The molecule has 5 rings (SSSR count). The van der Waals surface area contributed by atoms with Gasteiger partial charge in [-0.2, -0.15) is 5.26 Å². The molecule has 1 aliphatic heterocycles. The lowest BCUT2D eigenvalue weighted by molar-refractivity contribution is -0.128. The molecule has 0 radical (unpaired) electrons. The number of rotatable bonds is 7. The highest BCUT2D eigenvalue weighted by atomic mass is 79.9. The number of nitrogens with one attached hydrogen (secondary N) is 2. The van der Waals surface area contributed by atoms with E-state index >= 15 is 0 Å². The fourth-order valence-corrected chi connectivity index (χ4v) is 5.46. The molecule has 1 heterocycles. The van der Waals surface area contributed by atoms with Gasteiger partial charge in [0.15, 0.2) is 0 Å². The van der Waals surface area contributed by atoms with Crippen molar-refractivity contribution in [3.05, 3.63) is 100 Å². The van der Waals surface area contributed by atoms with Crippen LogP contribution in [0.25, 0.3) is 10.8 Å². The number of benzene rings is 4. The number of methoxy groups -OCH3 is 1. The minimum Gasteiger partial charge on any atom is -0.496 e. The second kappa shape index (κ2) is 12.7. The molecule has 43 heavy (non-hydrogen) atoms. The molecule has 0 bridgehead atoms. The van der Waals surface area contributed by atoms with Crippen LogP contribution in [0.15, 0.2) is 83.3 Å². The van der Waals surface area contributed by atoms with Crippen LogP contribution in [0.4, 0.5) is 11.4 Å². The first-order valence-electron chi connectivity index (χ1n) is 15.0. The molecular formula is C33H30BrN5O4. The maximum atomic E-state index is 14.5. The van der Waals surface area contributed by atoms with Gasteiger partial charge in [0.05, 0.1) is 53.3 Å². The van der Waals surface area contributed by atoms with Gasteiger partial charge in [-0.3, -0.25) is 14.4 Å². The van der Waals surface area contributed by atoms with Crippen LogP contribution in [0.5, 0.6) is 5.75 Å². The number of anilines is 2. The molecule has 10 heteroatoms. The van der Waals surface area contributed by atoms with Crippen molar-refractivity contribution < 1.29 is 23.2 Å². The monoisotopic (exact) mass is 642 g/mol. The third-order valence-corrected chi connectivity index (χ3v) is 8.01. The molecule has 4 aromatic rings. The first kappa shape index (κ1) is 25.9. The first-order chi connectivity index (χ1) is 21.9. The predicted octanol–water partition coefficient (Wildman–Crippen LogP) is 4.77. The number of carbonyl (C=O) groups excluding carboxylic acids is 3. The van der Waals surface area contributed by atoms with E-state index in [0.717, 1.165) is 9.86 Å². The van der Waals surface area contributed by atoms with Crippen LogP contribution in [0, 0.1) is 11.3 Å². The molecule has 0 aliphatic carbocycles. The van der Waals surface area contributed by atoms with Crippen LogP contribution in [0.1, 0.15) is 32.5 Å². The number of likely N-dealkylation sites (N-methyl/N-ethyl adjacent to an activating group) is 1. The average Bonchev–Trinajstić information content (AvgIpc) is 3.15. The Morgan fingerprint density at radius 2 is 1.86 bits per heavy atom. The summed E-state index contributed by atoms with van der Waals surface area (Å²) in [5.74, 6) is -1.32. The Hall–Kier alpha value is -4.72. The van der Waals surface area contributed by atoms with E-state index in [1.807, 2.05) is 24.3 Å². The van der Waals surface area contributed by atoms with Gasteiger partial charge in [0.25, 0.3) is 11.8 Å². The Bertz CT molecular complexity index is 1860. The van der Waals surface area contributed by atoms with E-state index in [4.69, 9.17) is 8.85 Å². The molecule has 0 saturated carbocycles. The van der Waals surface area contributed by atoms with Crippen LogP contribution in [-0.4, -0.2) is 50.4 Å². The van der Waals surface area contributed by atoms with Gasteiger partial charge in [0, 0.05) is 15.6 Å². The number of nitrogens with zero attached hydrogens (tertiary/aromatic N) is 3. The van der Waals surface area contributed by atoms with Gasteiger partial charge in [-0.25, -0.2) is 0 Å². The van der Waals surface area contributed by atoms with E-state index in [0.29, 0.717) is 27.9 Å². The maximum Gasteiger partial charge on any atom is 0.258 e. The molecule has 0 aromatic heterocycles. The normalized spacial score (nSPS) is 16.7. The third-order valence-electron chi connectivity index (χ3n) is 7.52. The lowest BCUT2D eigenvalue weighted by Crippen LogP contribution is -2.55. The number of carbonyl (C=O) groups is 3. The first-order valence-corrected chi connectivity index (χ1v) is 14.3. The van der Waals surface area contributed by atoms with E-state index in [9.17, 15) is 19.6 Å². The quantitative estimate of drug-likeness (QED) is 0.300. The molecule has 3 amide bonds. The van der Waals surface area contributed by atoms with Crippen LogP contribution in [0.3, 0.4) is 0 Å². The van der Waals surface area contributed by atoms with E-state index in [1.54, 1.807) is 50.4 Å². The molecule has 2 atom stereocenters. The zero-order valence-electron chi connectivity index (χ0n) is 26.4.